The molecule has 0 spiro atoms. The molecule has 0 amide bonds. The number of aliphatic imine (C=N–C) groups is 1. The lowest BCUT2D eigenvalue weighted by Crippen LogP contribution is -2.43. The molecule has 0 saturated carbocycles. The predicted octanol–water partition coefficient (Wildman–Crippen LogP) is 1.98. The molecule has 2 heterocycles. The number of allylic oxidation sites excluding steroid dienone is 3. The Kier molecular flexibility index (Phi) is 4.55. The Morgan fingerprint density at radius 2 is 2.29 bits per heavy atom. The number of hydrogen-bond donors (Lipinski definition) is 4. The molecule has 0 aromatic rings. The van der Waals surface area contributed by atoms with E-state index in [0.717, 1.165) is 24.2 Å². The molecule has 5 N–H and O–H groups in total. The molecular weight excluding hydrogens is 264 g/mol. The molecule has 0 aliphatic carbocycles. The molecule has 0 atom stereocenters. The van der Waals surface area contributed by atoms with Crippen LogP contribution in [-0.4, -0.2) is 30.2 Å². The van der Waals surface area contributed by atoms with Crippen LogP contribution in [0.3, 0.4) is 0 Å². The van der Waals surface area contributed by atoms with Crippen molar-refractivity contribution in [2.75, 3.05) is 13.1 Å². The normalized spacial score (nSPS) is 21.0. The number of amidine groups is 1. The topological polar surface area (TPSA) is 94.5 Å². The zero-order chi connectivity index (χ0) is 15.4. The van der Waals surface area contributed by atoms with E-state index in [2.05, 4.69) is 16.9 Å². The summed E-state index contributed by atoms with van der Waals surface area (Å²) in [6.45, 7) is 7.13. The molecule has 21 heavy (non-hydrogen) atoms. The monoisotopic (exact) mass is 284 g/mol. The molecule has 0 radical (unpaired) electrons. The summed E-state index contributed by atoms with van der Waals surface area (Å²) in [4.78, 5) is 4.06. The lowest BCUT2D eigenvalue weighted by molar-refractivity contribution is 0.410. The van der Waals surface area contributed by atoms with E-state index in [0.29, 0.717) is 17.2 Å². The van der Waals surface area contributed by atoms with Gasteiger partial charge >= 0.3 is 0 Å². The Balaban J connectivity index is 2.34. The van der Waals surface area contributed by atoms with Crippen LogP contribution in [0, 0.1) is 11.3 Å². The Labute approximate surface area is 124 Å². The minimum atomic E-state index is 0.0548. The Morgan fingerprint density at radius 3 is 2.81 bits per heavy atom. The van der Waals surface area contributed by atoms with Crippen molar-refractivity contribution in [1.82, 2.24) is 5.32 Å². The number of aliphatic hydroxyl groups excluding tert-OH is 1. The average molecular weight is 284 g/mol. The van der Waals surface area contributed by atoms with Crippen molar-refractivity contribution in [3.63, 3.8) is 0 Å². The lowest BCUT2D eigenvalue weighted by atomic mass is 9.90. The molecule has 2 aliphatic rings. The highest BCUT2D eigenvalue weighted by atomic mass is 16.3. The van der Waals surface area contributed by atoms with Crippen molar-refractivity contribution < 1.29 is 5.11 Å². The summed E-state index contributed by atoms with van der Waals surface area (Å²) >= 11 is 0. The molecule has 0 aromatic heterocycles. The highest BCUT2D eigenvalue weighted by Crippen LogP contribution is 2.26. The van der Waals surface area contributed by atoms with Crippen LogP contribution >= 0.6 is 0 Å². The van der Waals surface area contributed by atoms with Gasteiger partial charge in [0.2, 0.25) is 0 Å². The molecular formula is C16H20N4O. The maximum absolute atomic E-state index is 9.94. The largest absolute Gasteiger partial charge is 0.507 e. The second kappa shape index (κ2) is 6.37. The van der Waals surface area contributed by atoms with Crippen molar-refractivity contribution >= 4 is 12.1 Å². The van der Waals surface area contributed by atoms with Crippen LogP contribution in [0.1, 0.15) is 6.92 Å². The summed E-state index contributed by atoms with van der Waals surface area (Å²) < 4.78 is 0. The lowest BCUT2D eigenvalue weighted by Gasteiger charge is -2.27. The van der Waals surface area contributed by atoms with Gasteiger partial charge < -0.3 is 16.2 Å². The van der Waals surface area contributed by atoms with Crippen molar-refractivity contribution in [2.45, 2.75) is 6.92 Å². The third-order valence-electron chi connectivity index (χ3n) is 3.57. The third kappa shape index (κ3) is 3.03. The van der Waals surface area contributed by atoms with Crippen LogP contribution in [0.5, 0.6) is 0 Å². The van der Waals surface area contributed by atoms with Gasteiger partial charge in [0.1, 0.15) is 5.76 Å². The Morgan fingerprint density at radius 1 is 1.57 bits per heavy atom. The SMILES string of the molecule is C=C\C=C(O)/C(=C\C)C(/N)=C/C1=C(C2CNC2)C=NC1=N. The van der Waals surface area contributed by atoms with Gasteiger partial charge in [0.15, 0.2) is 5.84 Å². The van der Waals surface area contributed by atoms with Crippen molar-refractivity contribution in [3.05, 3.63) is 59.1 Å². The summed E-state index contributed by atoms with van der Waals surface area (Å²) in [6, 6.07) is 0. The van der Waals surface area contributed by atoms with Gasteiger partial charge in [0, 0.05) is 42.1 Å². The fourth-order valence-electron chi connectivity index (χ4n) is 2.29. The molecule has 0 bridgehead atoms. The molecule has 2 aliphatic heterocycles. The second-order valence-electron chi connectivity index (χ2n) is 4.92. The van der Waals surface area contributed by atoms with Crippen LogP contribution in [0.4, 0.5) is 0 Å². The number of rotatable bonds is 5. The van der Waals surface area contributed by atoms with E-state index in [9.17, 15) is 5.11 Å². The zero-order valence-corrected chi connectivity index (χ0v) is 12.1. The molecule has 0 unspecified atom stereocenters. The molecule has 1 fully saturated rings. The van der Waals surface area contributed by atoms with E-state index in [1.54, 1.807) is 25.3 Å². The van der Waals surface area contributed by atoms with Gasteiger partial charge in [-0.1, -0.05) is 18.7 Å². The van der Waals surface area contributed by atoms with Gasteiger partial charge in [-0.05, 0) is 24.6 Å². The van der Waals surface area contributed by atoms with Crippen LogP contribution in [0.25, 0.3) is 0 Å². The standard InChI is InChI=1S/C16H20N4O/c1-3-5-15(21)11(4-2)14(17)6-12-13(9-20-16(12)18)10-7-19-8-10/h3-6,9-10,18-19,21H,1,7-8,17H2,2H3/b11-4-,14-6-,15-5+,18-16?. The van der Waals surface area contributed by atoms with Crippen LogP contribution in [0.2, 0.25) is 0 Å². The molecule has 5 nitrogen and oxygen atoms in total. The summed E-state index contributed by atoms with van der Waals surface area (Å²) in [5.74, 6) is 0.642. The van der Waals surface area contributed by atoms with Crippen LogP contribution in [-0.2, 0) is 0 Å². The highest BCUT2D eigenvalue weighted by Gasteiger charge is 2.27. The maximum atomic E-state index is 9.94. The number of aliphatic hydroxyl groups is 1. The minimum absolute atomic E-state index is 0.0548. The van der Waals surface area contributed by atoms with Gasteiger partial charge in [0.05, 0.1) is 0 Å². The fourth-order valence-corrected chi connectivity index (χ4v) is 2.29. The minimum Gasteiger partial charge on any atom is -0.507 e. The smallest absolute Gasteiger partial charge is 0.152 e. The average Bonchev–Trinajstić information content (AvgIpc) is 2.71. The quantitative estimate of drug-likeness (QED) is 0.459. The van der Waals surface area contributed by atoms with Gasteiger partial charge in [-0.2, -0.15) is 0 Å². The summed E-state index contributed by atoms with van der Waals surface area (Å²) in [5, 5.41) is 21.1. The molecule has 5 heteroatoms. The van der Waals surface area contributed by atoms with E-state index in [4.69, 9.17) is 11.1 Å². The molecule has 2 rings (SSSR count). The van der Waals surface area contributed by atoms with Gasteiger partial charge in [-0.25, -0.2) is 4.99 Å². The van der Waals surface area contributed by atoms with E-state index >= 15 is 0 Å². The predicted molar refractivity (Wildman–Crippen MR) is 86.5 cm³/mol. The van der Waals surface area contributed by atoms with E-state index in [1.807, 2.05) is 0 Å². The maximum Gasteiger partial charge on any atom is 0.152 e. The van der Waals surface area contributed by atoms with Gasteiger partial charge in [-0.15, -0.1) is 0 Å². The zero-order valence-electron chi connectivity index (χ0n) is 12.1. The third-order valence-corrected chi connectivity index (χ3v) is 3.57. The first-order valence-electron chi connectivity index (χ1n) is 6.82. The van der Waals surface area contributed by atoms with E-state index in [1.165, 1.54) is 12.2 Å². The number of nitrogens with one attached hydrogen (secondary N) is 2. The van der Waals surface area contributed by atoms with Gasteiger partial charge in [-0.3, -0.25) is 5.41 Å². The number of nitrogens with two attached hydrogens (primary N) is 1. The summed E-state index contributed by atoms with van der Waals surface area (Å²) in [5.41, 5.74) is 8.76. The molecule has 1 saturated heterocycles. The van der Waals surface area contributed by atoms with E-state index < -0.39 is 0 Å². The van der Waals surface area contributed by atoms with Crippen LogP contribution < -0.4 is 11.1 Å². The summed E-state index contributed by atoms with van der Waals surface area (Å²) in [6.07, 6.45) is 8.16. The highest BCUT2D eigenvalue weighted by molar-refractivity contribution is 6.14. The van der Waals surface area contributed by atoms with Crippen molar-refractivity contribution in [2.24, 2.45) is 16.6 Å². The summed E-state index contributed by atoms with van der Waals surface area (Å²) in [7, 11) is 0. The van der Waals surface area contributed by atoms with Crippen LogP contribution in [0.15, 0.2) is 64.1 Å². The first kappa shape index (κ1) is 15.0. The Bertz CT molecular complexity index is 616. The van der Waals surface area contributed by atoms with Crippen molar-refractivity contribution in [1.29, 1.82) is 5.41 Å². The molecule has 0 aromatic carbocycles. The van der Waals surface area contributed by atoms with Gasteiger partial charge in [0.25, 0.3) is 0 Å². The first-order valence-corrected chi connectivity index (χ1v) is 6.82. The molecule has 110 valence electrons. The Hall–Kier alpha value is -2.40. The number of nitrogens with zero attached hydrogens (tertiary/aromatic N) is 1. The second-order valence-corrected chi connectivity index (χ2v) is 4.92. The fraction of sp³-hybridized carbons (Fsp3) is 0.250. The first-order chi connectivity index (χ1) is 10.1. The number of hydrogen-bond acceptors (Lipinski definition) is 4. The van der Waals surface area contributed by atoms with E-state index in [-0.39, 0.29) is 11.6 Å². The van der Waals surface area contributed by atoms with Crippen molar-refractivity contribution in [3.8, 4) is 0 Å².